The monoisotopic (exact) mass is 611 g/mol. The topological polar surface area (TPSA) is 116 Å². The van der Waals surface area contributed by atoms with Crippen molar-refractivity contribution in [1.82, 2.24) is 15.3 Å². The minimum Gasteiger partial charge on any atom is -0.475 e. The minimum atomic E-state index is -5.08. The number of nitrogens with zero attached hydrogens (tertiary/aromatic N) is 2. The molecule has 0 saturated carbocycles. The number of rotatable bonds is 11. The third-order valence-electron chi connectivity index (χ3n) is 6.22. The van der Waals surface area contributed by atoms with Gasteiger partial charge in [0, 0.05) is 31.3 Å². The van der Waals surface area contributed by atoms with Crippen LogP contribution in [0.25, 0.3) is 0 Å². The van der Waals surface area contributed by atoms with E-state index in [1.807, 2.05) is 74.5 Å². The van der Waals surface area contributed by atoms with Gasteiger partial charge in [-0.2, -0.15) is 18.2 Å². The molecule has 1 heterocycles. The summed E-state index contributed by atoms with van der Waals surface area (Å²) in [6.45, 7) is 4.98. The van der Waals surface area contributed by atoms with Gasteiger partial charge in [0.2, 0.25) is 11.9 Å². The number of benzene rings is 3. The lowest BCUT2D eigenvalue weighted by Gasteiger charge is -2.20. The molecule has 4 N–H and O–H groups in total. The van der Waals surface area contributed by atoms with Crippen molar-refractivity contribution in [3.63, 3.8) is 0 Å². The van der Waals surface area contributed by atoms with Gasteiger partial charge in [-0.3, -0.25) is 4.79 Å². The summed E-state index contributed by atoms with van der Waals surface area (Å²) in [5, 5.41) is 16.7. The smallest absolute Gasteiger partial charge is 0.475 e. The van der Waals surface area contributed by atoms with Crippen LogP contribution in [0.3, 0.4) is 0 Å². The van der Waals surface area contributed by atoms with Gasteiger partial charge in [0.05, 0.1) is 0 Å². The molecule has 0 bridgehead atoms. The Kier molecular flexibility index (Phi) is 12.2. The van der Waals surface area contributed by atoms with Gasteiger partial charge in [-0.1, -0.05) is 72.3 Å². The molecule has 3 aromatic carbocycles. The number of carboxylic acid groups (broad SMARTS) is 1. The molecule has 0 unspecified atom stereocenters. The summed E-state index contributed by atoms with van der Waals surface area (Å²) in [4.78, 5) is 31.2. The highest BCUT2D eigenvalue weighted by Gasteiger charge is 2.38. The molecule has 0 aliphatic carbocycles. The predicted molar refractivity (Wildman–Crippen MR) is 160 cm³/mol. The van der Waals surface area contributed by atoms with Gasteiger partial charge in [-0.15, -0.1) is 0 Å². The number of hydrogen-bond donors (Lipinski definition) is 4. The van der Waals surface area contributed by atoms with Crippen molar-refractivity contribution in [2.45, 2.75) is 45.5 Å². The van der Waals surface area contributed by atoms with Crippen LogP contribution in [-0.4, -0.2) is 45.7 Å². The van der Waals surface area contributed by atoms with Crippen molar-refractivity contribution in [3.8, 4) is 0 Å². The number of carbonyl (C=O) groups is 2. The van der Waals surface area contributed by atoms with Crippen molar-refractivity contribution in [2.24, 2.45) is 0 Å². The summed E-state index contributed by atoms with van der Waals surface area (Å²) in [5.74, 6) is -2.06. The maximum atomic E-state index is 13.3. The van der Waals surface area contributed by atoms with E-state index in [0.29, 0.717) is 37.7 Å². The molecule has 44 heavy (non-hydrogen) atoms. The molecule has 12 heteroatoms. The van der Waals surface area contributed by atoms with E-state index in [2.05, 4.69) is 25.9 Å². The van der Waals surface area contributed by atoms with Gasteiger partial charge in [0.25, 0.3) is 0 Å². The van der Waals surface area contributed by atoms with E-state index >= 15 is 0 Å². The van der Waals surface area contributed by atoms with E-state index < -0.39 is 18.2 Å². The quantitative estimate of drug-likeness (QED) is 0.157. The zero-order valence-electron chi connectivity index (χ0n) is 24.2. The van der Waals surface area contributed by atoms with Crippen molar-refractivity contribution >= 4 is 23.6 Å². The second kappa shape index (κ2) is 16.0. The number of halogens is 4. The highest BCUT2D eigenvalue weighted by Crippen LogP contribution is 2.15. The Morgan fingerprint density at radius 2 is 1.48 bits per heavy atom. The van der Waals surface area contributed by atoms with Crippen LogP contribution in [0.4, 0.5) is 29.3 Å². The Hall–Kier alpha value is -5.00. The van der Waals surface area contributed by atoms with Crippen LogP contribution < -0.4 is 16.0 Å². The molecule has 1 aromatic heterocycles. The number of carboxylic acids is 1. The molecule has 1 atom stereocenters. The van der Waals surface area contributed by atoms with E-state index in [0.717, 1.165) is 22.4 Å². The second-order valence-electron chi connectivity index (χ2n) is 9.91. The predicted octanol–water partition coefficient (Wildman–Crippen LogP) is 5.86. The fourth-order valence-corrected chi connectivity index (χ4v) is 3.95. The maximum absolute atomic E-state index is 13.3. The maximum Gasteiger partial charge on any atom is 0.490 e. The van der Waals surface area contributed by atoms with Crippen molar-refractivity contribution < 1.29 is 32.3 Å². The van der Waals surface area contributed by atoms with E-state index in [1.54, 1.807) is 12.1 Å². The molecular formula is C32H33F4N5O3. The molecule has 4 aromatic rings. The van der Waals surface area contributed by atoms with Crippen LogP contribution in [-0.2, 0) is 29.0 Å². The molecule has 0 spiro atoms. The number of anilines is 2. The number of nitrogens with one attached hydrogen (secondary N) is 3. The van der Waals surface area contributed by atoms with Gasteiger partial charge in [-0.25, -0.2) is 14.2 Å². The van der Waals surface area contributed by atoms with E-state index in [1.165, 1.54) is 17.7 Å². The van der Waals surface area contributed by atoms with Crippen molar-refractivity contribution in [3.05, 3.63) is 119 Å². The Labute approximate surface area is 252 Å². The normalized spacial score (nSPS) is 11.5. The first-order chi connectivity index (χ1) is 20.9. The van der Waals surface area contributed by atoms with Crippen LogP contribution in [0.2, 0.25) is 0 Å². The summed E-state index contributed by atoms with van der Waals surface area (Å²) in [6.07, 6.45) is -3.87. The molecule has 1 amide bonds. The van der Waals surface area contributed by atoms with E-state index in [4.69, 9.17) is 9.90 Å². The first-order valence-corrected chi connectivity index (χ1v) is 13.7. The highest BCUT2D eigenvalue weighted by atomic mass is 19.4. The summed E-state index contributed by atoms with van der Waals surface area (Å²) < 4.78 is 44.9. The summed E-state index contributed by atoms with van der Waals surface area (Å²) in [7, 11) is 0. The molecule has 0 radical (unpaired) electrons. The second-order valence-corrected chi connectivity index (χ2v) is 9.91. The minimum absolute atomic E-state index is 0.105. The molecular weight excluding hydrogens is 578 g/mol. The highest BCUT2D eigenvalue weighted by molar-refractivity contribution is 5.84. The Bertz CT molecular complexity index is 1500. The van der Waals surface area contributed by atoms with Crippen LogP contribution in [0.5, 0.6) is 0 Å². The number of amides is 1. The fraction of sp³-hybridized carbons (Fsp3) is 0.250. The molecule has 0 fully saturated rings. The van der Waals surface area contributed by atoms with E-state index in [-0.39, 0.29) is 11.7 Å². The zero-order chi connectivity index (χ0) is 32.1. The summed E-state index contributed by atoms with van der Waals surface area (Å²) in [6, 6.07) is 25.8. The summed E-state index contributed by atoms with van der Waals surface area (Å²) in [5.41, 5.74) is 5.07. The first-order valence-electron chi connectivity index (χ1n) is 13.7. The number of aliphatic carboxylic acids is 1. The number of hydrogen-bond acceptors (Lipinski definition) is 6. The molecule has 4 rings (SSSR count). The van der Waals surface area contributed by atoms with Crippen LogP contribution >= 0.6 is 0 Å². The van der Waals surface area contributed by atoms with Gasteiger partial charge in [0.1, 0.15) is 17.7 Å². The zero-order valence-corrected chi connectivity index (χ0v) is 24.2. The average molecular weight is 612 g/mol. The molecule has 8 nitrogen and oxygen atoms in total. The standard InChI is InChI=1S/C30H32FN5O.C2HF3O2/c1-21-8-10-25(11-9-21)20-33-29(37)27(19-24-6-4-3-5-7-24)35-28-18-22(2)34-30(36-28)32-17-16-23-12-14-26(31)15-13-23;3-2(4,5)1(6)7/h3-15,18,27H,16-17,19-20H2,1-2H3,(H,33,37)(H2,32,34,35,36);(H,6,7)/t27-;/m0./s1. The SMILES string of the molecule is Cc1ccc(CNC(=O)[C@H](Cc2ccccc2)Nc2cc(C)nc(NCCc3ccc(F)cc3)n2)cc1.O=C(O)C(F)(F)F. The molecule has 0 saturated heterocycles. The Morgan fingerprint density at radius 1 is 0.864 bits per heavy atom. The number of carbonyl (C=O) groups excluding carboxylic acids is 1. The van der Waals surface area contributed by atoms with Crippen molar-refractivity contribution in [1.29, 1.82) is 0 Å². The van der Waals surface area contributed by atoms with Crippen molar-refractivity contribution in [2.75, 3.05) is 17.2 Å². The molecule has 0 aliphatic heterocycles. The lowest BCUT2D eigenvalue weighted by atomic mass is 10.0. The fourth-order valence-electron chi connectivity index (χ4n) is 3.95. The lowest BCUT2D eigenvalue weighted by Crippen LogP contribution is -2.41. The van der Waals surface area contributed by atoms with Gasteiger partial charge < -0.3 is 21.1 Å². The largest absolute Gasteiger partial charge is 0.490 e. The third-order valence-corrected chi connectivity index (χ3v) is 6.22. The number of alkyl halides is 3. The Balaban J connectivity index is 0.000000676. The van der Waals surface area contributed by atoms with Crippen LogP contribution in [0, 0.1) is 19.7 Å². The number of aromatic nitrogens is 2. The average Bonchev–Trinajstić information content (AvgIpc) is 2.97. The number of aryl methyl sites for hydroxylation is 2. The van der Waals surface area contributed by atoms with Crippen LogP contribution in [0.15, 0.2) is 84.9 Å². The third kappa shape index (κ3) is 11.7. The van der Waals surface area contributed by atoms with Gasteiger partial charge in [-0.05, 0) is 49.1 Å². The molecule has 232 valence electrons. The Morgan fingerprint density at radius 3 is 2.09 bits per heavy atom. The van der Waals surface area contributed by atoms with Gasteiger partial charge in [0.15, 0.2) is 0 Å². The van der Waals surface area contributed by atoms with E-state index in [9.17, 15) is 22.4 Å². The van der Waals surface area contributed by atoms with Gasteiger partial charge >= 0.3 is 12.1 Å². The lowest BCUT2D eigenvalue weighted by molar-refractivity contribution is -0.192. The van der Waals surface area contributed by atoms with Crippen LogP contribution in [0.1, 0.15) is 27.9 Å². The first kappa shape index (κ1) is 33.5. The summed E-state index contributed by atoms with van der Waals surface area (Å²) >= 11 is 0. The molecule has 0 aliphatic rings.